The van der Waals surface area contributed by atoms with Crippen LogP contribution in [0.4, 0.5) is 15.8 Å². The number of alkyl halides is 1. The molecule has 3 aromatic carbocycles. The zero-order valence-electron chi connectivity index (χ0n) is 26.2. The van der Waals surface area contributed by atoms with Crippen LogP contribution in [-0.4, -0.2) is 50.2 Å². The average molecular weight is 624 g/mol. The Kier molecular flexibility index (Phi) is 7.52. The molecule has 2 amide bonds. The fourth-order valence-corrected chi connectivity index (χ4v) is 7.59. The van der Waals surface area contributed by atoms with Gasteiger partial charge in [0.1, 0.15) is 17.5 Å². The lowest BCUT2D eigenvalue weighted by molar-refractivity contribution is -0.146. The first-order valence-electron chi connectivity index (χ1n) is 15.9. The summed E-state index contributed by atoms with van der Waals surface area (Å²) >= 11 is 0. The van der Waals surface area contributed by atoms with Crippen LogP contribution in [-0.2, 0) is 33.0 Å². The molecule has 0 unspecified atom stereocenters. The zero-order chi connectivity index (χ0) is 32.2. The molecule has 4 heterocycles. The summed E-state index contributed by atoms with van der Waals surface area (Å²) in [5.41, 5.74) is 1.45. The number of carbonyl (C=O) groups excluding carboxylic acids is 2. The highest BCUT2D eigenvalue weighted by atomic mass is 19.1. The Bertz CT molecular complexity index is 1750. The predicted molar refractivity (Wildman–Crippen MR) is 171 cm³/mol. The normalized spacial score (nSPS) is 24.8. The van der Waals surface area contributed by atoms with E-state index in [9.17, 15) is 14.7 Å². The Morgan fingerprint density at radius 2 is 1.76 bits per heavy atom. The SMILES string of the molecule is C[C@@H]1[C@@H](C(C)(C)F)[C@H](CCn2cc([C@H](O)c3ccccc3)nn2)O[C@@]12C(=O)N(Cc1ccc(N3CCC3=O)cc1)c1ccccc12. The lowest BCUT2D eigenvalue weighted by Gasteiger charge is -2.32. The summed E-state index contributed by atoms with van der Waals surface area (Å²) in [6.45, 7) is 6.45. The average Bonchev–Trinajstić information content (AvgIpc) is 3.71. The molecule has 5 atom stereocenters. The number of ether oxygens (including phenoxy) is 1. The first-order chi connectivity index (χ1) is 22.1. The summed E-state index contributed by atoms with van der Waals surface area (Å²) in [5.74, 6) is -1.12. The molecule has 0 aliphatic carbocycles. The van der Waals surface area contributed by atoms with Crippen LogP contribution < -0.4 is 9.80 Å². The van der Waals surface area contributed by atoms with Gasteiger partial charge in [-0.3, -0.25) is 14.3 Å². The van der Waals surface area contributed by atoms with Gasteiger partial charge in [0.15, 0.2) is 5.60 Å². The van der Waals surface area contributed by atoms with E-state index in [1.54, 1.807) is 34.5 Å². The molecule has 3 aliphatic rings. The number of carbonyl (C=O) groups is 2. The van der Waals surface area contributed by atoms with Crippen LogP contribution in [0, 0.1) is 11.8 Å². The second-order valence-corrected chi connectivity index (χ2v) is 13.1. The molecule has 3 aliphatic heterocycles. The van der Waals surface area contributed by atoms with E-state index in [0.29, 0.717) is 37.2 Å². The lowest BCUT2D eigenvalue weighted by Crippen LogP contribution is -2.45. The summed E-state index contributed by atoms with van der Waals surface area (Å²) in [5, 5.41) is 19.2. The Morgan fingerprint density at radius 1 is 1.04 bits per heavy atom. The molecule has 1 spiro atoms. The third kappa shape index (κ3) is 5.00. The van der Waals surface area contributed by atoms with Gasteiger partial charge in [0.05, 0.1) is 24.5 Å². The summed E-state index contributed by atoms with van der Waals surface area (Å²) < 4.78 is 24.5. The number of halogens is 1. The zero-order valence-corrected chi connectivity index (χ0v) is 26.2. The predicted octanol–water partition coefficient (Wildman–Crippen LogP) is 5.33. The van der Waals surface area contributed by atoms with E-state index in [0.717, 1.165) is 29.0 Å². The summed E-state index contributed by atoms with van der Waals surface area (Å²) in [7, 11) is 0. The number of fused-ring (bicyclic) bond motifs is 2. The number of rotatable bonds is 9. The first kappa shape index (κ1) is 30.3. The third-order valence-corrected chi connectivity index (χ3v) is 9.90. The summed E-state index contributed by atoms with van der Waals surface area (Å²) in [4.78, 5) is 29.9. The monoisotopic (exact) mass is 623 g/mol. The number of aliphatic hydroxyl groups is 1. The number of β-lactam (4-membered cyclic amide) rings is 1. The van der Waals surface area contributed by atoms with Crippen LogP contribution in [0.1, 0.15) is 62.1 Å². The first-order valence-corrected chi connectivity index (χ1v) is 15.9. The van der Waals surface area contributed by atoms with Gasteiger partial charge in [0.25, 0.3) is 5.91 Å². The number of hydrogen-bond donors (Lipinski definition) is 1. The van der Waals surface area contributed by atoms with Crippen LogP contribution in [0.25, 0.3) is 0 Å². The highest BCUT2D eigenvalue weighted by Crippen LogP contribution is 2.58. The number of aliphatic hydroxyl groups excluding tert-OH is 1. The Balaban J connectivity index is 1.14. The Labute approximate surface area is 267 Å². The fraction of sp³-hybridized carbons (Fsp3) is 0.389. The van der Waals surface area contributed by atoms with Crippen LogP contribution in [0.5, 0.6) is 0 Å². The van der Waals surface area contributed by atoms with Crippen molar-refractivity contribution in [3.8, 4) is 0 Å². The fourth-order valence-electron chi connectivity index (χ4n) is 7.59. The molecule has 2 saturated heterocycles. The van der Waals surface area contributed by atoms with Crippen LogP contribution >= 0.6 is 0 Å². The minimum atomic E-state index is -1.63. The molecule has 1 N–H and O–H groups in total. The molecule has 10 heteroatoms. The van der Waals surface area contributed by atoms with Crippen molar-refractivity contribution in [2.75, 3.05) is 16.3 Å². The molecule has 7 rings (SSSR count). The van der Waals surface area contributed by atoms with Crippen molar-refractivity contribution in [3.05, 3.63) is 107 Å². The minimum Gasteiger partial charge on any atom is -0.382 e. The number of hydrogen-bond acceptors (Lipinski definition) is 6. The van der Waals surface area contributed by atoms with E-state index in [1.165, 1.54) is 0 Å². The van der Waals surface area contributed by atoms with Crippen LogP contribution in [0.3, 0.4) is 0 Å². The smallest absolute Gasteiger partial charge is 0.264 e. The number of aryl methyl sites for hydroxylation is 1. The van der Waals surface area contributed by atoms with Gasteiger partial charge in [-0.15, -0.1) is 5.10 Å². The van der Waals surface area contributed by atoms with Crippen molar-refractivity contribution < 1.29 is 23.8 Å². The topological polar surface area (TPSA) is 101 Å². The van der Waals surface area contributed by atoms with Gasteiger partial charge in [-0.2, -0.15) is 0 Å². The quantitative estimate of drug-likeness (QED) is 0.253. The third-order valence-electron chi connectivity index (χ3n) is 9.90. The van der Waals surface area contributed by atoms with Gasteiger partial charge in [-0.05, 0) is 49.6 Å². The maximum absolute atomic E-state index is 16.1. The minimum absolute atomic E-state index is 0.111. The second kappa shape index (κ2) is 11.4. The number of nitrogens with zero attached hydrogens (tertiary/aromatic N) is 5. The van der Waals surface area contributed by atoms with E-state index in [1.807, 2.05) is 85.8 Å². The summed E-state index contributed by atoms with van der Waals surface area (Å²) in [6.07, 6.45) is 1.18. The van der Waals surface area contributed by atoms with E-state index in [-0.39, 0.29) is 11.8 Å². The second-order valence-electron chi connectivity index (χ2n) is 13.1. The number of amides is 2. The number of benzene rings is 3. The van der Waals surface area contributed by atoms with Crippen LogP contribution in [0.2, 0.25) is 0 Å². The maximum atomic E-state index is 16.1. The largest absolute Gasteiger partial charge is 0.382 e. The molecule has 2 fully saturated rings. The maximum Gasteiger partial charge on any atom is 0.264 e. The standard InChI is InChI=1S/C36H38FN5O4/c1-23-32(35(2,3)37)30(17-19-40-22-28(38-39-40)33(44)25-9-5-4-6-10-25)46-36(23)27-11-7-8-12-29(27)42(34(36)45)21-24-13-15-26(16-14-24)41-20-18-31(41)43/h4-16,22-23,30,32-33,44H,17-21H2,1-3H3/t23-,30+,32-,33-,36+/m1/s1. The van der Waals surface area contributed by atoms with E-state index in [2.05, 4.69) is 10.3 Å². The van der Waals surface area contributed by atoms with Gasteiger partial charge in [0, 0.05) is 42.6 Å². The number of aromatic nitrogens is 3. The van der Waals surface area contributed by atoms with Crippen molar-refractivity contribution >= 4 is 23.2 Å². The van der Waals surface area contributed by atoms with E-state index < -0.39 is 35.3 Å². The molecule has 0 radical (unpaired) electrons. The van der Waals surface area contributed by atoms with Crippen molar-refractivity contribution in [1.82, 2.24) is 15.0 Å². The molecule has 238 valence electrons. The van der Waals surface area contributed by atoms with Gasteiger partial charge in [-0.25, -0.2) is 4.39 Å². The van der Waals surface area contributed by atoms with Crippen molar-refractivity contribution in [1.29, 1.82) is 0 Å². The highest BCUT2D eigenvalue weighted by molar-refractivity contribution is 6.07. The molecule has 46 heavy (non-hydrogen) atoms. The summed E-state index contributed by atoms with van der Waals surface area (Å²) in [6, 6.07) is 24.6. The highest BCUT2D eigenvalue weighted by Gasteiger charge is 2.66. The lowest BCUT2D eigenvalue weighted by atomic mass is 9.71. The molecule has 1 aromatic heterocycles. The van der Waals surface area contributed by atoms with Gasteiger partial charge >= 0.3 is 0 Å². The van der Waals surface area contributed by atoms with E-state index in [4.69, 9.17) is 4.74 Å². The van der Waals surface area contributed by atoms with Crippen molar-refractivity contribution in [2.45, 2.75) is 70.2 Å². The van der Waals surface area contributed by atoms with Crippen LogP contribution in [0.15, 0.2) is 85.1 Å². The number of para-hydroxylation sites is 1. The molecule has 9 nitrogen and oxygen atoms in total. The molecular weight excluding hydrogens is 585 g/mol. The molecular formula is C36H38FN5O4. The number of anilines is 2. The Morgan fingerprint density at radius 3 is 2.43 bits per heavy atom. The molecule has 4 aromatic rings. The van der Waals surface area contributed by atoms with Crippen molar-refractivity contribution in [2.24, 2.45) is 11.8 Å². The van der Waals surface area contributed by atoms with Crippen molar-refractivity contribution in [3.63, 3.8) is 0 Å². The molecule has 0 bridgehead atoms. The van der Waals surface area contributed by atoms with Gasteiger partial charge in [-0.1, -0.05) is 72.8 Å². The van der Waals surface area contributed by atoms with E-state index >= 15 is 4.39 Å². The van der Waals surface area contributed by atoms with Gasteiger partial charge < -0.3 is 19.6 Å². The Hall–Kier alpha value is -4.41. The van der Waals surface area contributed by atoms with Gasteiger partial charge in [0.2, 0.25) is 5.91 Å². The molecule has 0 saturated carbocycles.